The molecule has 1 heterocycles. The number of esters is 1. The molecule has 0 saturated carbocycles. The third kappa shape index (κ3) is 3.92. The zero-order valence-electron chi connectivity index (χ0n) is 9.73. The van der Waals surface area contributed by atoms with E-state index in [0.717, 1.165) is 6.42 Å². The summed E-state index contributed by atoms with van der Waals surface area (Å²) in [5.41, 5.74) is 0. The van der Waals surface area contributed by atoms with E-state index in [1.54, 1.807) is 6.08 Å². The zero-order valence-corrected chi connectivity index (χ0v) is 9.73. The van der Waals surface area contributed by atoms with Crippen LogP contribution < -0.4 is 0 Å². The summed E-state index contributed by atoms with van der Waals surface area (Å²) in [7, 11) is 1.32. The molecule has 0 radical (unpaired) electrons. The largest absolute Gasteiger partial charge is 0.466 e. The highest BCUT2D eigenvalue weighted by Crippen LogP contribution is 2.20. The van der Waals surface area contributed by atoms with Crippen LogP contribution in [0.15, 0.2) is 12.2 Å². The fraction of sp³-hybridized carbons (Fsp3) is 0.727. The minimum atomic E-state index is -0.942. The Bertz CT molecular complexity index is 243. The number of hydrogen-bond acceptors (Lipinski definition) is 5. The van der Waals surface area contributed by atoms with Crippen molar-refractivity contribution in [2.75, 3.05) is 33.5 Å². The minimum absolute atomic E-state index is 0.292. The van der Waals surface area contributed by atoms with Gasteiger partial charge in [0, 0.05) is 6.08 Å². The Hall–Kier alpha value is -0.910. The average molecular weight is 230 g/mol. The second kappa shape index (κ2) is 6.62. The smallest absolute Gasteiger partial charge is 0.330 e. The highest BCUT2D eigenvalue weighted by atomic mass is 16.7. The molecule has 1 aliphatic rings. The van der Waals surface area contributed by atoms with Crippen LogP contribution in [0.3, 0.4) is 0 Å². The molecule has 0 aliphatic carbocycles. The van der Waals surface area contributed by atoms with Crippen LogP contribution in [0.5, 0.6) is 0 Å². The van der Waals surface area contributed by atoms with Gasteiger partial charge in [0.05, 0.1) is 26.9 Å². The molecule has 16 heavy (non-hydrogen) atoms. The second-order valence-corrected chi connectivity index (χ2v) is 3.42. The maximum atomic E-state index is 11.0. The van der Waals surface area contributed by atoms with Crippen molar-refractivity contribution >= 4 is 5.97 Å². The fourth-order valence-electron chi connectivity index (χ4n) is 1.29. The van der Waals surface area contributed by atoms with Gasteiger partial charge in [-0.3, -0.25) is 0 Å². The number of ether oxygens (including phenoxy) is 4. The Kier molecular flexibility index (Phi) is 5.45. The van der Waals surface area contributed by atoms with Gasteiger partial charge in [-0.05, 0) is 12.5 Å². The van der Waals surface area contributed by atoms with Crippen LogP contribution in [0.4, 0.5) is 0 Å². The van der Waals surface area contributed by atoms with Crippen molar-refractivity contribution in [1.29, 1.82) is 0 Å². The predicted molar refractivity (Wildman–Crippen MR) is 56.9 cm³/mol. The topological polar surface area (TPSA) is 54.0 Å². The van der Waals surface area contributed by atoms with Crippen molar-refractivity contribution in [1.82, 2.24) is 0 Å². The van der Waals surface area contributed by atoms with E-state index < -0.39 is 11.8 Å². The number of methoxy groups -OCH3 is 1. The van der Waals surface area contributed by atoms with E-state index in [1.165, 1.54) is 13.2 Å². The van der Waals surface area contributed by atoms with E-state index in [4.69, 9.17) is 14.2 Å². The van der Waals surface area contributed by atoms with Crippen LogP contribution in [0.1, 0.15) is 13.3 Å². The van der Waals surface area contributed by atoms with Crippen molar-refractivity contribution < 1.29 is 23.7 Å². The minimum Gasteiger partial charge on any atom is -0.466 e. The maximum absolute atomic E-state index is 11.0. The SMILES string of the molecule is CCCOC1(/C=C/C(=O)OC)COCCO1. The molecule has 5 nitrogen and oxygen atoms in total. The first kappa shape index (κ1) is 13.2. The van der Waals surface area contributed by atoms with Crippen molar-refractivity contribution in [3.8, 4) is 0 Å². The molecule has 5 heteroatoms. The fourth-order valence-corrected chi connectivity index (χ4v) is 1.29. The quantitative estimate of drug-likeness (QED) is 0.518. The molecule has 0 spiro atoms. The Morgan fingerprint density at radius 2 is 2.31 bits per heavy atom. The van der Waals surface area contributed by atoms with Crippen molar-refractivity contribution in [2.45, 2.75) is 19.1 Å². The van der Waals surface area contributed by atoms with Gasteiger partial charge in [-0.2, -0.15) is 0 Å². The molecule has 1 saturated heterocycles. The predicted octanol–water partition coefficient (Wildman–Crippen LogP) is 0.885. The van der Waals surface area contributed by atoms with Gasteiger partial charge in [0.1, 0.15) is 6.61 Å². The summed E-state index contributed by atoms with van der Waals surface area (Å²) in [6.45, 7) is 3.84. The molecule has 1 unspecified atom stereocenters. The van der Waals surface area contributed by atoms with E-state index in [0.29, 0.717) is 26.4 Å². The van der Waals surface area contributed by atoms with Gasteiger partial charge < -0.3 is 18.9 Å². The molecule has 0 aromatic carbocycles. The number of carbonyl (C=O) groups is 1. The van der Waals surface area contributed by atoms with Gasteiger partial charge in [-0.15, -0.1) is 0 Å². The first-order valence-electron chi connectivity index (χ1n) is 5.35. The van der Waals surface area contributed by atoms with Crippen LogP contribution in [-0.4, -0.2) is 45.3 Å². The summed E-state index contributed by atoms with van der Waals surface area (Å²) < 4.78 is 20.9. The summed E-state index contributed by atoms with van der Waals surface area (Å²) in [4.78, 5) is 11.0. The monoisotopic (exact) mass is 230 g/mol. The van der Waals surface area contributed by atoms with Crippen molar-refractivity contribution in [2.24, 2.45) is 0 Å². The second-order valence-electron chi connectivity index (χ2n) is 3.42. The Labute approximate surface area is 95.3 Å². The molecule has 0 amide bonds. The lowest BCUT2D eigenvalue weighted by molar-refractivity contribution is -0.264. The summed E-state index contributed by atoms with van der Waals surface area (Å²) in [6, 6.07) is 0. The number of rotatable bonds is 5. The summed E-state index contributed by atoms with van der Waals surface area (Å²) >= 11 is 0. The third-order valence-electron chi connectivity index (χ3n) is 2.10. The molecule has 0 N–H and O–H groups in total. The molecule has 0 bridgehead atoms. The lowest BCUT2D eigenvalue weighted by Crippen LogP contribution is -2.44. The Morgan fingerprint density at radius 3 is 2.88 bits per heavy atom. The number of hydrogen-bond donors (Lipinski definition) is 0. The van der Waals surface area contributed by atoms with Crippen LogP contribution in [-0.2, 0) is 23.7 Å². The van der Waals surface area contributed by atoms with Crippen LogP contribution in [0, 0.1) is 0 Å². The molecular formula is C11H18O5. The molecule has 1 rings (SSSR count). The highest BCUT2D eigenvalue weighted by molar-refractivity contribution is 5.81. The van der Waals surface area contributed by atoms with Crippen LogP contribution >= 0.6 is 0 Å². The van der Waals surface area contributed by atoms with Gasteiger partial charge in [-0.25, -0.2) is 4.79 Å². The van der Waals surface area contributed by atoms with E-state index in [2.05, 4.69) is 4.74 Å². The lowest BCUT2D eigenvalue weighted by atomic mass is 10.2. The summed E-state index contributed by atoms with van der Waals surface area (Å²) in [6.07, 6.45) is 3.72. The van der Waals surface area contributed by atoms with Gasteiger partial charge in [0.25, 0.3) is 0 Å². The van der Waals surface area contributed by atoms with E-state index in [-0.39, 0.29) is 0 Å². The first-order chi connectivity index (χ1) is 7.72. The molecule has 1 aliphatic heterocycles. The zero-order chi connectivity index (χ0) is 11.9. The van der Waals surface area contributed by atoms with Crippen LogP contribution in [0.2, 0.25) is 0 Å². The van der Waals surface area contributed by atoms with Gasteiger partial charge in [0.15, 0.2) is 0 Å². The van der Waals surface area contributed by atoms with Gasteiger partial charge in [0.2, 0.25) is 5.79 Å². The van der Waals surface area contributed by atoms with E-state index in [1.807, 2.05) is 6.92 Å². The standard InChI is InChI=1S/C11H18O5/c1-3-6-15-11(5-4-10(12)13-2)9-14-7-8-16-11/h4-5H,3,6-9H2,1-2H3/b5-4+. The number of carbonyl (C=O) groups excluding carboxylic acids is 1. The molecule has 0 aromatic heterocycles. The van der Waals surface area contributed by atoms with Crippen LogP contribution in [0.25, 0.3) is 0 Å². The van der Waals surface area contributed by atoms with Crippen molar-refractivity contribution in [3.05, 3.63) is 12.2 Å². The molecule has 92 valence electrons. The third-order valence-corrected chi connectivity index (χ3v) is 2.10. The summed E-state index contributed by atoms with van der Waals surface area (Å²) in [5.74, 6) is -1.38. The molecular weight excluding hydrogens is 212 g/mol. The maximum Gasteiger partial charge on any atom is 0.330 e. The molecule has 0 aromatic rings. The Morgan fingerprint density at radius 1 is 1.50 bits per heavy atom. The molecule has 1 atom stereocenters. The van der Waals surface area contributed by atoms with Gasteiger partial charge in [-0.1, -0.05) is 6.92 Å². The normalized spacial score (nSPS) is 25.9. The Balaban J connectivity index is 2.61. The lowest BCUT2D eigenvalue weighted by Gasteiger charge is -2.34. The van der Waals surface area contributed by atoms with Crippen molar-refractivity contribution in [3.63, 3.8) is 0 Å². The highest BCUT2D eigenvalue weighted by Gasteiger charge is 2.32. The average Bonchev–Trinajstić information content (AvgIpc) is 2.35. The van der Waals surface area contributed by atoms with Gasteiger partial charge >= 0.3 is 5.97 Å². The van der Waals surface area contributed by atoms with E-state index in [9.17, 15) is 4.79 Å². The van der Waals surface area contributed by atoms with E-state index >= 15 is 0 Å². The summed E-state index contributed by atoms with van der Waals surface area (Å²) in [5, 5.41) is 0. The first-order valence-corrected chi connectivity index (χ1v) is 5.35. The molecule has 1 fully saturated rings.